The molecular weight excluding hydrogens is 1280 g/mol. The summed E-state index contributed by atoms with van der Waals surface area (Å²) in [5, 5.41) is 10.6. The molecule has 0 fully saturated rings. The molecule has 98 heavy (non-hydrogen) atoms. The Morgan fingerprint density at radius 3 is 0.847 bits per heavy atom. The number of ether oxygens (including phenoxy) is 4. The van der Waals surface area contributed by atoms with Crippen molar-refractivity contribution in [2.45, 2.75) is 354 Å². The highest BCUT2D eigenvalue weighted by atomic mass is 31.2. The Morgan fingerprint density at radius 1 is 0.296 bits per heavy atom. The summed E-state index contributed by atoms with van der Waals surface area (Å²) in [6.45, 7) is 4.71. The highest BCUT2D eigenvalue weighted by Gasteiger charge is 2.30. The molecule has 19 heteroatoms. The van der Waals surface area contributed by atoms with E-state index >= 15 is 0 Å². The Morgan fingerprint density at radius 2 is 0.531 bits per heavy atom. The number of carbonyl (C=O) groups is 4. The molecule has 5 atom stereocenters. The van der Waals surface area contributed by atoms with Crippen LogP contribution in [0, 0.1) is 0 Å². The maximum atomic E-state index is 13.1. The van der Waals surface area contributed by atoms with Gasteiger partial charge in [0.15, 0.2) is 12.2 Å². The SMILES string of the molecule is CC/C=C\C/C=C\C/C=C\C/C=C\C/C=C\CCCCCC(=O)O[C@H](COC(=O)CCCCCCCCCCCCCCC)COP(=O)(O)OC[C@H](O)COP(=O)(O)OC[C@@H](COC(=O)CCCCCCC/C=C\CCCCCC)OC(=O)CCCCCCC/C=C\CCCCCC. The lowest BCUT2D eigenvalue weighted by molar-refractivity contribution is -0.161. The highest BCUT2D eigenvalue weighted by molar-refractivity contribution is 7.47. The van der Waals surface area contributed by atoms with Gasteiger partial charge in [-0.1, -0.05) is 273 Å². The number of hydrogen-bond donors (Lipinski definition) is 3. The summed E-state index contributed by atoms with van der Waals surface area (Å²) in [4.78, 5) is 72.8. The van der Waals surface area contributed by atoms with E-state index in [1.54, 1.807) is 0 Å². The molecule has 0 bridgehead atoms. The van der Waals surface area contributed by atoms with Crippen LogP contribution in [0.5, 0.6) is 0 Å². The summed E-state index contributed by atoms with van der Waals surface area (Å²) in [6, 6.07) is 0. The molecule has 0 spiro atoms. The molecule has 0 saturated heterocycles. The summed E-state index contributed by atoms with van der Waals surface area (Å²) < 4.78 is 68.5. The zero-order valence-electron chi connectivity index (χ0n) is 62.0. The van der Waals surface area contributed by atoms with Crippen LogP contribution < -0.4 is 0 Å². The zero-order chi connectivity index (χ0) is 71.8. The van der Waals surface area contributed by atoms with E-state index in [-0.39, 0.29) is 25.7 Å². The molecule has 0 aliphatic heterocycles. The van der Waals surface area contributed by atoms with E-state index in [2.05, 4.69) is 113 Å². The van der Waals surface area contributed by atoms with Crippen molar-refractivity contribution in [3.63, 3.8) is 0 Å². The number of rotatable bonds is 73. The first-order valence-corrected chi connectivity index (χ1v) is 41.8. The minimum absolute atomic E-state index is 0.0581. The van der Waals surface area contributed by atoms with E-state index in [4.69, 9.17) is 37.0 Å². The predicted molar refractivity (Wildman–Crippen MR) is 399 cm³/mol. The molecular formula is C79H140O17P2. The molecule has 0 radical (unpaired) electrons. The van der Waals surface area contributed by atoms with Gasteiger partial charge >= 0.3 is 39.5 Å². The Hall–Kier alpha value is -3.76. The summed E-state index contributed by atoms with van der Waals surface area (Å²) in [5.41, 5.74) is 0. The van der Waals surface area contributed by atoms with Crippen LogP contribution in [0.15, 0.2) is 85.1 Å². The van der Waals surface area contributed by atoms with Gasteiger partial charge in [-0.05, 0) is 122 Å². The topological polar surface area (TPSA) is 237 Å². The van der Waals surface area contributed by atoms with E-state index < -0.39 is 97.5 Å². The van der Waals surface area contributed by atoms with E-state index in [0.717, 1.165) is 148 Å². The molecule has 0 aliphatic carbocycles. The molecule has 3 N–H and O–H groups in total. The summed E-state index contributed by atoms with van der Waals surface area (Å²) >= 11 is 0. The van der Waals surface area contributed by atoms with E-state index in [1.165, 1.54) is 109 Å². The zero-order valence-corrected chi connectivity index (χ0v) is 63.7. The Labute approximate surface area is 595 Å². The van der Waals surface area contributed by atoms with Gasteiger partial charge in [-0.3, -0.25) is 37.3 Å². The Balaban J connectivity index is 5.37. The molecule has 568 valence electrons. The highest BCUT2D eigenvalue weighted by Crippen LogP contribution is 2.45. The summed E-state index contributed by atoms with van der Waals surface area (Å²) in [5.74, 6) is -2.21. The molecule has 0 aromatic rings. The molecule has 0 amide bonds. The lowest BCUT2D eigenvalue weighted by Crippen LogP contribution is -2.30. The van der Waals surface area contributed by atoms with Crippen LogP contribution in [0.3, 0.4) is 0 Å². The van der Waals surface area contributed by atoms with Gasteiger partial charge in [0.05, 0.1) is 26.4 Å². The van der Waals surface area contributed by atoms with Gasteiger partial charge in [0.2, 0.25) is 0 Å². The normalized spacial score (nSPS) is 14.4. The predicted octanol–water partition coefficient (Wildman–Crippen LogP) is 22.2. The van der Waals surface area contributed by atoms with Crippen LogP contribution in [0.4, 0.5) is 0 Å². The van der Waals surface area contributed by atoms with Crippen molar-refractivity contribution in [3.8, 4) is 0 Å². The third kappa shape index (κ3) is 70.7. The van der Waals surface area contributed by atoms with Crippen molar-refractivity contribution in [1.82, 2.24) is 0 Å². The third-order valence-electron chi connectivity index (χ3n) is 16.3. The van der Waals surface area contributed by atoms with Crippen molar-refractivity contribution in [2.75, 3.05) is 39.6 Å². The fourth-order valence-electron chi connectivity index (χ4n) is 10.4. The molecule has 17 nitrogen and oxygen atoms in total. The second-order valence-corrected chi connectivity index (χ2v) is 28.8. The number of unbranched alkanes of at least 4 members (excludes halogenated alkanes) is 33. The summed E-state index contributed by atoms with van der Waals surface area (Å²) in [6.07, 6.45) is 72.8. The third-order valence-corrected chi connectivity index (χ3v) is 18.2. The second-order valence-electron chi connectivity index (χ2n) is 25.9. The maximum Gasteiger partial charge on any atom is 0.472 e. The van der Waals surface area contributed by atoms with Gasteiger partial charge in [0.1, 0.15) is 19.3 Å². The van der Waals surface area contributed by atoms with Crippen LogP contribution in [0.1, 0.15) is 336 Å². The van der Waals surface area contributed by atoms with Gasteiger partial charge in [0.25, 0.3) is 0 Å². The minimum Gasteiger partial charge on any atom is -0.462 e. The lowest BCUT2D eigenvalue weighted by Gasteiger charge is -2.21. The van der Waals surface area contributed by atoms with Gasteiger partial charge < -0.3 is 33.8 Å². The largest absolute Gasteiger partial charge is 0.472 e. The minimum atomic E-state index is -4.98. The van der Waals surface area contributed by atoms with Gasteiger partial charge in [0, 0.05) is 25.7 Å². The van der Waals surface area contributed by atoms with Crippen LogP contribution in [0.2, 0.25) is 0 Å². The lowest BCUT2D eigenvalue weighted by atomic mass is 10.0. The van der Waals surface area contributed by atoms with E-state index in [0.29, 0.717) is 25.7 Å². The number of allylic oxidation sites excluding steroid dienone is 14. The number of phosphoric acid groups is 2. The Kier molecular flexibility index (Phi) is 68.9. The number of aliphatic hydroxyl groups excluding tert-OH is 1. The average Bonchev–Trinajstić information content (AvgIpc) is 0.982. The fourth-order valence-corrected chi connectivity index (χ4v) is 12.0. The van der Waals surface area contributed by atoms with Gasteiger partial charge in [-0.15, -0.1) is 0 Å². The number of hydrogen-bond acceptors (Lipinski definition) is 15. The summed E-state index contributed by atoms with van der Waals surface area (Å²) in [7, 11) is -9.95. The number of carbonyl (C=O) groups excluding carboxylic acids is 4. The number of esters is 4. The molecule has 0 heterocycles. The number of aliphatic hydroxyl groups is 1. The quantitative estimate of drug-likeness (QED) is 0.0169. The van der Waals surface area contributed by atoms with Crippen LogP contribution >= 0.6 is 15.6 Å². The molecule has 0 aromatic carbocycles. The van der Waals surface area contributed by atoms with Crippen molar-refractivity contribution in [3.05, 3.63) is 85.1 Å². The first-order valence-electron chi connectivity index (χ1n) is 38.8. The second kappa shape index (κ2) is 71.6. The van der Waals surface area contributed by atoms with E-state index in [1.807, 2.05) is 0 Å². The smallest absolute Gasteiger partial charge is 0.462 e. The van der Waals surface area contributed by atoms with Crippen molar-refractivity contribution >= 4 is 39.5 Å². The molecule has 0 saturated carbocycles. The van der Waals surface area contributed by atoms with Crippen molar-refractivity contribution < 1.29 is 80.2 Å². The molecule has 0 aliphatic rings. The van der Waals surface area contributed by atoms with Crippen molar-refractivity contribution in [2.24, 2.45) is 0 Å². The first kappa shape index (κ1) is 94.2. The van der Waals surface area contributed by atoms with Crippen LogP contribution in [-0.4, -0.2) is 96.7 Å². The first-order chi connectivity index (χ1) is 47.7. The monoisotopic (exact) mass is 1420 g/mol. The van der Waals surface area contributed by atoms with Crippen molar-refractivity contribution in [1.29, 1.82) is 0 Å². The Bertz CT molecular complexity index is 2190. The van der Waals surface area contributed by atoms with E-state index in [9.17, 15) is 43.2 Å². The van der Waals surface area contributed by atoms with Gasteiger partial charge in [-0.2, -0.15) is 0 Å². The molecule has 2 unspecified atom stereocenters. The average molecular weight is 1420 g/mol. The van der Waals surface area contributed by atoms with Crippen LogP contribution in [0.25, 0.3) is 0 Å². The van der Waals surface area contributed by atoms with Gasteiger partial charge in [-0.25, -0.2) is 9.13 Å². The fraction of sp³-hybridized carbons (Fsp3) is 0.772. The number of phosphoric ester groups is 2. The van der Waals surface area contributed by atoms with Crippen LogP contribution in [-0.2, 0) is 65.4 Å². The molecule has 0 rings (SSSR count). The standard InChI is InChI=1S/C79H140O17P2/c1-5-9-13-17-21-25-29-33-34-35-36-37-38-42-46-50-54-58-62-66-79(84)96-75(70-90-77(82)64-60-56-52-48-44-40-31-27-23-19-15-11-7-3)72-94-98(87,88)92-68-73(80)67-91-97(85,86)93-71-74(95-78(83)65-61-57-53-49-45-41-32-28-24-20-16-12-8-4)69-89-76(81)63-59-55-51-47-43-39-30-26-22-18-14-10-6-2/h9,13,21,25-26,28,30,32-34,36-37,42,46,73-75,80H,5-8,10-12,14-20,22-24,27,29,31,35,38-41,43-45,47-72H2,1-4H3,(H,85,86)(H,87,88)/b13-9-,25-21-,30-26-,32-28-,34-33-,37-36-,46-42-/t73-,74-,75-/m1/s1. The molecule has 0 aromatic heterocycles. The maximum absolute atomic E-state index is 13.1.